The lowest BCUT2D eigenvalue weighted by atomic mass is 9.72. The van der Waals surface area contributed by atoms with Gasteiger partial charge < -0.3 is 10.6 Å². The largest absolute Gasteiger partial charge is 0.336 e. The standard InChI is InChI=1S/C15H28N2O/c1-3-13-8-7-12(2)17(13)14(18)15(11-16)9-5-4-6-10-15/h12-13H,3-11,16H2,1-2H3. The van der Waals surface area contributed by atoms with E-state index in [1.165, 1.54) is 25.7 Å². The Morgan fingerprint density at radius 2 is 1.94 bits per heavy atom. The van der Waals surface area contributed by atoms with Crippen LogP contribution in [0.4, 0.5) is 0 Å². The summed E-state index contributed by atoms with van der Waals surface area (Å²) in [6.45, 7) is 4.92. The molecule has 1 aliphatic heterocycles. The van der Waals surface area contributed by atoms with Crippen LogP contribution in [-0.2, 0) is 4.79 Å². The highest BCUT2D eigenvalue weighted by molar-refractivity contribution is 5.84. The van der Waals surface area contributed by atoms with Gasteiger partial charge in [-0.25, -0.2) is 0 Å². The zero-order valence-electron chi connectivity index (χ0n) is 12.0. The maximum atomic E-state index is 13.0. The van der Waals surface area contributed by atoms with E-state index in [9.17, 15) is 4.79 Å². The van der Waals surface area contributed by atoms with Crippen LogP contribution in [0.25, 0.3) is 0 Å². The molecule has 0 spiro atoms. The first kappa shape index (κ1) is 13.9. The summed E-state index contributed by atoms with van der Waals surface area (Å²) in [6, 6.07) is 0.866. The smallest absolute Gasteiger partial charge is 0.230 e. The second kappa shape index (κ2) is 5.60. The third-order valence-corrected chi connectivity index (χ3v) is 5.15. The lowest BCUT2D eigenvalue weighted by Gasteiger charge is -2.41. The summed E-state index contributed by atoms with van der Waals surface area (Å²) in [6.07, 6.45) is 9.02. The molecule has 1 amide bonds. The second-order valence-electron chi connectivity index (χ2n) is 6.25. The monoisotopic (exact) mass is 252 g/mol. The van der Waals surface area contributed by atoms with Gasteiger partial charge in [0.15, 0.2) is 0 Å². The first-order valence-electron chi connectivity index (χ1n) is 7.67. The fraction of sp³-hybridized carbons (Fsp3) is 0.933. The van der Waals surface area contributed by atoms with Crippen LogP contribution in [0.1, 0.15) is 65.2 Å². The van der Waals surface area contributed by atoms with Crippen molar-refractivity contribution in [1.82, 2.24) is 4.90 Å². The number of amides is 1. The summed E-state index contributed by atoms with van der Waals surface area (Å²) in [5.41, 5.74) is 5.76. The normalized spacial score (nSPS) is 31.6. The van der Waals surface area contributed by atoms with E-state index in [-0.39, 0.29) is 5.41 Å². The molecular formula is C15H28N2O. The Bertz CT molecular complexity index is 297. The van der Waals surface area contributed by atoms with Gasteiger partial charge in [0, 0.05) is 18.6 Å². The van der Waals surface area contributed by atoms with E-state index >= 15 is 0 Å². The molecule has 1 saturated heterocycles. The van der Waals surface area contributed by atoms with Crippen LogP contribution in [0.3, 0.4) is 0 Å². The summed E-state index contributed by atoms with van der Waals surface area (Å²) < 4.78 is 0. The second-order valence-corrected chi connectivity index (χ2v) is 6.25. The summed E-state index contributed by atoms with van der Waals surface area (Å²) in [5, 5.41) is 0. The molecule has 1 aliphatic carbocycles. The van der Waals surface area contributed by atoms with E-state index in [1.807, 2.05) is 0 Å². The van der Waals surface area contributed by atoms with E-state index in [0.29, 0.717) is 24.5 Å². The summed E-state index contributed by atoms with van der Waals surface area (Å²) in [4.78, 5) is 15.2. The van der Waals surface area contributed by atoms with Crippen molar-refractivity contribution in [2.24, 2.45) is 11.1 Å². The number of hydrogen-bond acceptors (Lipinski definition) is 2. The molecule has 2 rings (SSSR count). The van der Waals surface area contributed by atoms with Gasteiger partial charge in [-0.15, -0.1) is 0 Å². The topological polar surface area (TPSA) is 46.3 Å². The van der Waals surface area contributed by atoms with Crippen LogP contribution >= 0.6 is 0 Å². The zero-order chi connectivity index (χ0) is 13.2. The number of hydrogen-bond donors (Lipinski definition) is 1. The highest BCUT2D eigenvalue weighted by atomic mass is 16.2. The molecule has 2 fully saturated rings. The van der Waals surface area contributed by atoms with Gasteiger partial charge in [-0.2, -0.15) is 0 Å². The molecule has 104 valence electrons. The number of carbonyl (C=O) groups is 1. The molecular weight excluding hydrogens is 224 g/mol. The predicted octanol–water partition coefficient (Wildman–Crippen LogP) is 2.69. The van der Waals surface area contributed by atoms with Crippen LogP contribution < -0.4 is 5.73 Å². The highest BCUT2D eigenvalue weighted by Gasteiger charge is 2.45. The number of nitrogens with two attached hydrogens (primary N) is 1. The highest BCUT2D eigenvalue weighted by Crippen LogP contribution is 2.40. The van der Waals surface area contributed by atoms with Crippen molar-refractivity contribution >= 4 is 5.91 Å². The van der Waals surface area contributed by atoms with E-state index in [2.05, 4.69) is 18.7 Å². The van der Waals surface area contributed by atoms with Crippen LogP contribution in [0.5, 0.6) is 0 Å². The maximum absolute atomic E-state index is 13.0. The molecule has 2 atom stereocenters. The Kier molecular flexibility index (Phi) is 4.31. The lowest BCUT2D eigenvalue weighted by molar-refractivity contribution is -0.146. The average Bonchev–Trinajstić information content (AvgIpc) is 2.79. The lowest BCUT2D eigenvalue weighted by Crippen LogP contribution is -2.52. The Morgan fingerprint density at radius 3 is 2.50 bits per heavy atom. The van der Waals surface area contributed by atoms with Gasteiger partial charge in [-0.1, -0.05) is 26.2 Å². The van der Waals surface area contributed by atoms with Gasteiger partial charge in [0.2, 0.25) is 5.91 Å². The molecule has 2 N–H and O–H groups in total. The molecule has 18 heavy (non-hydrogen) atoms. The van der Waals surface area contributed by atoms with Gasteiger partial charge in [0.05, 0.1) is 5.41 Å². The van der Waals surface area contributed by atoms with E-state index in [4.69, 9.17) is 5.73 Å². The molecule has 0 aromatic heterocycles. The van der Waals surface area contributed by atoms with Gasteiger partial charge in [-0.05, 0) is 39.0 Å². The molecule has 1 heterocycles. The fourth-order valence-electron chi connectivity index (χ4n) is 3.85. The third-order valence-electron chi connectivity index (χ3n) is 5.15. The van der Waals surface area contributed by atoms with Crippen molar-refractivity contribution in [1.29, 1.82) is 0 Å². The molecule has 3 nitrogen and oxygen atoms in total. The van der Waals surface area contributed by atoms with Gasteiger partial charge >= 0.3 is 0 Å². The van der Waals surface area contributed by atoms with Gasteiger partial charge in [-0.3, -0.25) is 4.79 Å². The SMILES string of the molecule is CCC1CCC(C)N1C(=O)C1(CN)CCCCC1. The van der Waals surface area contributed by atoms with Gasteiger partial charge in [0.25, 0.3) is 0 Å². The summed E-state index contributed by atoms with van der Waals surface area (Å²) >= 11 is 0. The Balaban J connectivity index is 2.17. The number of rotatable bonds is 3. The molecule has 0 aromatic carbocycles. The number of carbonyl (C=O) groups excluding carboxylic acids is 1. The average molecular weight is 252 g/mol. The van der Waals surface area contributed by atoms with Crippen LogP contribution in [0.15, 0.2) is 0 Å². The first-order chi connectivity index (χ1) is 8.64. The van der Waals surface area contributed by atoms with E-state index in [0.717, 1.165) is 25.7 Å². The van der Waals surface area contributed by atoms with Crippen molar-refractivity contribution in [3.05, 3.63) is 0 Å². The minimum atomic E-state index is -0.232. The first-order valence-corrected chi connectivity index (χ1v) is 7.67. The van der Waals surface area contributed by atoms with Crippen molar-refractivity contribution in [3.63, 3.8) is 0 Å². The molecule has 0 radical (unpaired) electrons. The van der Waals surface area contributed by atoms with Crippen molar-refractivity contribution < 1.29 is 4.79 Å². The van der Waals surface area contributed by atoms with Crippen LogP contribution in [0.2, 0.25) is 0 Å². The van der Waals surface area contributed by atoms with E-state index < -0.39 is 0 Å². The summed E-state index contributed by atoms with van der Waals surface area (Å²) in [5.74, 6) is 0.363. The number of nitrogens with zero attached hydrogens (tertiary/aromatic N) is 1. The van der Waals surface area contributed by atoms with Crippen LogP contribution in [0, 0.1) is 5.41 Å². The van der Waals surface area contributed by atoms with Crippen LogP contribution in [-0.4, -0.2) is 29.4 Å². The molecule has 2 unspecified atom stereocenters. The zero-order valence-corrected chi connectivity index (χ0v) is 12.0. The van der Waals surface area contributed by atoms with Gasteiger partial charge in [0.1, 0.15) is 0 Å². The third kappa shape index (κ3) is 2.29. The number of likely N-dealkylation sites (tertiary alicyclic amines) is 1. The van der Waals surface area contributed by atoms with Crippen molar-refractivity contribution in [3.8, 4) is 0 Å². The fourth-order valence-corrected chi connectivity index (χ4v) is 3.85. The molecule has 0 aromatic rings. The minimum absolute atomic E-state index is 0.232. The molecule has 3 heteroatoms. The Morgan fingerprint density at radius 1 is 1.28 bits per heavy atom. The maximum Gasteiger partial charge on any atom is 0.230 e. The minimum Gasteiger partial charge on any atom is -0.336 e. The Hall–Kier alpha value is -0.570. The van der Waals surface area contributed by atoms with Crippen molar-refractivity contribution in [2.45, 2.75) is 77.3 Å². The molecule has 0 bridgehead atoms. The molecule has 1 saturated carbocycles. The van der Waals surface area contributed by atoms with Crippen molar-refractivity contribution in [2.75, 3.05) is 6.54 Å². The predicted molar refractivity (Wildman–Crippen MR) is 74.2 cm³/mol. The summed E-state index contributed by atoms with van der Waals surface area (Å²) in [7, 11) is 0. The quantitative estimate of drug-likeness (QED) is 0.839. The molecule has 2 aliphatic rings. The van der Waals surface area contributed by atoms with E-state index in [1.54, 1.807) is 0 Å². The Labute approximate surface area is 111 Å².